The quantitative estimate of drug-likeness (QED) is 0.746. The van der Waals surface area contributed by atoms with Gasteiger partial charge in [0.1, 0.15) is 5.75 Å². The van der Waals surface area contributed by atoms with Crippen molar-refractivity contribution in [3.8, 4) is 5.75 Å². The van der Waals surface area contributed by atoms with Gasteiger partial charge in [-0.15, -0.1) is 0 Å². The third-order valence-corrected chi connectivity index (χ3v) is 3.95. The zero-order valence-corrected chi connectivity index (χ0v) is 10.0. The number of fused-ring (bicyclic) bond motifs is 1. The Kier molecular flexibility index (Phi) is 2.58. The monoisotopic (exact) mass is 245 g/mol. The summed E-state index contributed by atoms with van der Waals surface area (Å²) in [6.07, 6.45) is 5.64. The Hall–Kier alpha value is -1.84. The molecule has 2 N–H and O–H groups in total. The van der Waals surface area contributed by atoms with Gasteiger partial charge >= 0.3 is 0 Å². The van der Waals surface area contributed by atoms with Gasteiger partial charge in [0, 0.05) is 0 Å². The van der Waals surface area contributed by atoms with Gasteiger partial charge in [-0.1, -0.05) is 25.3 Å². The van der Waals surface area contributed by atoms with Gasteiger partial charge in [0.05, 0.1) is 11.1 Å². The molecule has 0 bridgehead atoms. The maximum absolute atomic E-state index is 11.6. The number of hydrogen-bond acceptors (Lipinski definition) is 3. The Morgan fingerprint density at radius 2 is 1.78 bits per heavy atom. The highest BCUT2D eigenvalue weighted by molar-refractivity contribution is 6.22. The molecule has 4 heteroatoms. The maximum atomic E-state index is 11.6. The maximum Gasteiger partial charge on any atom is 0.262 e. The molecule has 1 aromatic carbocycles. The molecule has 1 aliphatic heterocycles. The topological polar surface area (TPSA) is 66.4 Å². The lowest BCUT2D eigenvalue weighted by atomic mass is 9.82. The first-order valence-corrected chi connectivity index (χ1v) is 6.40. The summed E-state index contributed by atoms with van der Waals surface area (Å²) in [5.41, 5.74) is 1.26. The minimum atomic E-state index is -0.481. The zero-order valence-electron chi connectivity index (χ0n) is 10.0. The average Bonchev–Trinajstić information content (AvgIpc) is 2.67. The second-order valence-electron chi connectivity index (χ2n) is 5.04. The Morgan fingerprint density at radius 3 is 2.50 bits per heavy atom. The number of aromatic hydroxyl groups is 1. The molecule has 1 saturated carbocycles. The van der Waals surface area contributed by atoms with Gasteiger partial charge in [0.2, 0.25) is 0 Å². The van der Waals surface area contributed by atoms with E-state index in [-0.39, 0.29) is 16.9 Å². The number of amides is 2. The minimum absolute atomic E-state index is 0.00255. The molecule has 0 spiro atoms. The summed E-state index contributed by atoms with van der Waals surface area (Å²) in [5.74, 6) is -0.582. The van der Waals surface area contributed by atoms with E-state index in [1.165, 1.54) is 6.42 Å². The normalized spacial score (nSPS) is 19.8. The van der Waals surface area contributed by atoms with E-state index in [1.54, 1.807) is 12.1 Å². The van der Waals surface area contributed by atoms with Crippen LogP contribution in [0.5, 0.6) is 5.75 Å². The number of imide groups is 1. The minimum Gasteiger partial charge on any atom is -0.507 e. The number of carbonyl (C=O) groups is 2. The molecule has 1 fully saturated rings. The van der Waals surface area contributed by atoms with E-state index >= 15 is 0 Å². The second kappa shape index (κ2) is 4.12. The van der Waals surface area contributed by atoms with Crippen LogP contribution in [0.1, 0.15) is 64.3 Å². The third kappa shape index (κ3) is 1.60. The highest BCUT2D eigenvalue weighted by atomic mass is 16.3. The Balaban J connectivity index is 2.05. The van der Waals surface area contributed by atoms with Crippen LogP contribution >= 0.6 is 0 Å². The van der Waals surface area contributed by atoms with Crippen molar-refractivity contribution in [2.24, 2.45) is 0 Å². The molecule has 2 aliphatic rings. The standard InChI is InChI=1S/C14H15NO3/c16-12-9(8-4-2-1-3-5-8)6-7-10-11(12)14(18)15-13(10)17/h6-8,16H,1-5H2,(H,15,17,18). The fraction of sp³-hybridized carbons (Fsp3) is 0.429. The largest absolute Gasteiger partial charge is 0.507 e. The third-order valence-electron chi connectivity index (χ3n) is 3.95. The predicted octanol–water partition coefficient (Wildman–Crippen LogP) is 2.32. The van der Waals surface area contributed by atoms with Gasteiger partial charge in [-0.25, -0.2) is 0 Å². The van der Waals surface area contributed by atoms with Crippen LogP contribution in [0.25, 0.3) is 0 Å². The summed E-state index contributed by atoms with van der Waals surface area (Å²) in [7, 11) is 0. The summed E-state index contributed by atoms with van der Waals surface area (Å²) < 4.78 is 0. The molecule has 0 radical (unpaired) electrons. The molecule has 1 aliphatic carbocycles. The van der Waals surface area contributed by atoms with Crippen LogP contribution in [-0.2, 0) is 0 Å². The summed E-state index contributed by atoms with van der Waals surface area (Å²) in [5, 5.41) is 12.5. The number of carbonyl (C=O) groups excluding carboxylic acids is 2. The molecular formula is C14H15NO3. The van der Waals surface area contributed by atoms with Crippen molar-refractivity contribution in [2.45, 2.75) is 38.0 Å². The van der Waals surface area contributed by atoms with Crippen LogP contribution in [0.2, 0.25) is 0 Å². The molecule has 18 heavy (non-hydrogen) atoms. The lowest BCUT2D eigenvalue weighted by Crippen LogP contribution is -2.20. The zero-order chi connectivity index (χ0) is 12.7. The van der Waals surface area contributed by atoms with Crippen LogP contribution in [0.4, 0.5) is 0 Å². The van der Waals surface area contributed by atoms with E-state index in [0.717, 1.165) is 31.2 Å². The van der Waals surface area contributed by atoms with Crippen molar-refractivity contribution in [3.63, 3.8) is 0 Å². The first-order chi connectivity index (χ1) is 8.68. The van der Waals surface area contributed by atoms with Crippen molar-refractivity contribution in [1.29, 1.82) is 0 Å². The van der Waals surface area contributed by atoms with Gasteiger partial charge in [-0.3, -0.25) is 14.9 Å². The molecule has 0 unspecified atom stereocenters. The lowest BCUT2D eigenvalue weighted by Gasteiger charge is -2.23. The number of rotatable bonds is 1. The van der Waals surface area contributed by atoms with E-state index in [9.17, 15) is 14.7 Å². The van der Waals surface area contributed by atoms with Gasteiger partial charge in [0.15, 0.2) is 0 Å². The molecular weight excluding hydrogens is 230 g/mol. The lowest BCUT2D eigenvalue weighted by molar-refractivity contribution is 0.0879. The number of hydrogen-bond donors (Lipinski definition) is 2. The average molecular weight is 245 g/mol. The first-order valence-electron chi connectivity index (χ1n) is 6.40. The molecule has 0 aromatic heterocycles. The summed E-state index contributed by atoms with van der Waals surface area (Å²) >= 11 is 0. The van der Waals surface area contributed by atoms with Gasteiger partial charge in [-0.05, 0) is 30.4 Å². The molecule has 0 atom stereocenters. The molecule has 2 amide bonds. The number of benzene rings is 1. The number of phenols is 1. The van der Waals surface area contributed by atoms with Crippen molar-refractivity contribution >= 4 is 11.8 Å². The molecule has 94 valence electrons. The van der Waals surface area contributed by atoms with Crippen LogP contribution in [0.3, 0.4) is 0 Å². The second-order valence-corrected chi connectivity index (χ2v) is 5.04. The highest BCUT2D eigenvalue weighted by Gasteiger charge is 2.32. The van der Waals surface area contributed by atoms with Crippen LogP contribution in [0, 0.1) is 0 Å². The fourth-order valence-electron chi connectivity index (χ4n) is 3.00. The van der Waals surface area contributed by atoms with E-state index in [4.69, 9.17) is 0 Å². The van der Waals surface area contributed by atoms with E-state index < -0.39 is 11.8 Å². The Morgan fingerprint density at radius 1 is 1.06 bits per heavy atom. The predicted molar refractivity (Wildman–Crippen MR) is 65.7 cm³/mol. The molecule has 1 heterocycles. The fourth-order valence-corrected chi connectivity index (χ4v) is 3.00. The van der Waals surface area contributed by atoms with Crippen LogP contribution in [0.15, 0.2) is 12.1 Å². The van der Waals surface area contributed by atoms with Crippen molar-refractivity contribution in [1.82, 2.24) is 5.32 Å². The summed E-state index contributed by atoms with van der Waals surface area (Å²) in [6.45, 7) is 0. The van der Waals surface area contributed by atoms with Gasteiger partial charge in [0.25, 0.3) is 11.8 Å². The van der Waals surface area contributed by atoms with Crippen molar-refractivity contribution in [2.75, 3.05) is 0 Å². The van der Waals surface area contributed by atoms with Gasteiger partial charge < -0.3 is 5.11 Å². The smallest absolute Gasteiger partial charge is 0.262 e. The molecule has 3 rings (SSSR count). The van der Waals surface area contributed by atoms with E-state index in [0.29, 0.717) is 5.92 Å². The van der Waals surface area contributed by atoms with Crippen molar-refractivity contribution in [3.05, 3.63) is 28.8 Å². The van der Waals surface area contributed by atoms with E-state index in [2.05, 4.69) is 5.32 Å². The van der Waals surface area contributed by atoms with Gasteiger partial charge in [-0.2, -0.15) is 0 Å². The summed E-state index contributed by atoms with van der Waals surface area (Å²) in [4.78, 5) is 23.1. The number of nitrogens with one attached hydrogen (secondary N) is 1. The van der Waals surface area contributed by atoms with Crippen LogP contribution in [-0.4, -0.2) is 16.9 Å². The summed E-state index contributed by atoms with van der Waals surface area (Å²) in [6, 6.07) is 3.45. The Bertz CT molecular complexity index is 530. The van der Waals surface area contributed by atoms with E-state index in [1.807, 2.05) is 0 Å². The first kappa shape index (κ1) is 11.3. The molecule has 0 saturated heterocycles. The number of phenolic OH excluding ortho intramolecular Hbond substituents is 1. The Labute approximate surface area is 105 Å². The SMILES string of the molecule is O=C1NC(=O)c2c1ccc(C1CCCCC1)c2O. The van der Waals surface area contributed by atoms with Crippen LogP contribution < -0.4 is 5.32 Å². The molecule has 1 aromatic rings. The molecule has 4 nitrogen and oxygen atoms in total. The highest BCUT2D eigenvalue weighted by Crippen LogP contribution is 2.40. The van der Waals surface area contributed by atoms with Crippen molar-refractivity contribution < 1.29 is 14.7 Å².